The third kappa shape index (κ3) is 14.1. The Bertz CT molecular complexity index is 2570. The molecule has 0 heterocycles. The molecule has 0 saturated carbocycles. The molecule has 0 radical (unpaired) electrons. The number of nitrogens with zero attached hydrogens (tertiary/aromatic N) is 3. The lowest BCUT2D eigenvalue weighted by molar-refractivity contribution is 0.385. The summed E-state index contributed by atoms with van der Waals surface area (Å²) in [5, 5.41) is 1.36. The predicted molar refractivity (Wildman–Crippen MR) is 297 cm³/mol. The van der Waals surface area contributed by atoms with Crippen molar-refractivity contribution in [3.63, 3.8) is 0 Å². The van der Waals surface area contributed by atoms with E-state index in [4.69, 9.17) is 13.6 Å². The van der Waals surface area contributed by atoms with E-state index in [-0.39, 0.29) is 18.5 Å². The van der Waals surface area contributed by atoms with E-state index >= 15 is 4.57 Å². The van der Waals surface area contributed by atoms with Crippen LogP contribution in [0.15, 0.2) is 240 Å². The van der Waals surface area contributed by atoms with Crippen LogP contribution in [0.25, 0.3) is 0 Å². The van der Waals surface area contributed by atoms with E-state index in [0.29, 0.717) is 72.4 Å². The third-order valence-corrected chi connectivity index (χ3v) is 21.8. The van der Waals surface area contributed by atoms with Gasteiger partial charge in [-0.3, -0.25) is 13.7 Å². The van der Waals surface area contributed by atoms with Gasteiger partial charge in [-0.1, -0.05) is 127 Å². The second kappa shape index (κ2) is 25.9. The number of rotatable bonds is 30. The molecule has 0 spiro atoms. The number of benzene rings is 6. The van der Waals surface area contributed by atoms with Crippen LogP contribution in [-0.2, 0) is 36.7 Å². The van der Waals surface area contributed by atoms with Crippen LogP contribution >= 0.6 is 29.7 Å². The standard InChI is InChI=1S/C57H63N3O7P4/c1-7-40-58(41-8-2)68(61,46-49-22-16-13-17-23-49)65-52-28-34-55(35-29-52)71(64,56-36-30-53(31-37-56)66-69(62,59(42-9-3)43-10-4)47-50-24-18-14-19-25-50)57-38-32-54(33-39-57)67-70(63,60(44-11-5)45-12-6)48-51-26-20-15-21-27-51/h7-39H,1-6,40-48H2. The van der Waals surface area contributed by atoms with E-state index < -0.39 is 29.7 Å². The smallest absolute Gasteiger partial charge is 0.324 e. The van der Waals surface area contributed by atoms with Gasteiger partial charge in [0.2, 0.25) is 0 Å². The van der Waals surface area contributed by atoms with Gasteiger partial charge < -0.3 is 18.1 Å². The highest BCUT2D eigenvalue weighted by atomic mass is 31.2. The molecule has 0 amide bonds. The molecule has 0 fully saturated rings. The van der Waals surface area contributed by atoms with Crippen molar-refractivity contribution in [1.29, 1.82) is 0 Å². The van der Waals surface area contributed by atoms with Crippen molar-refractivity contribution >= 4 is 45.6 Å². The van der Waals surface area contributed by atoms with Crippen molar-refractivity contribution in [1.82, 2.24) is 14.0 Å². The monoisotopic (exact) mass is 1030 g/mol. The van der Waals surface area contributed by atoms with Crippen LogP contribution in [-0.4, -0.2) is 53.3 Å². The Morgan fingerprint density at radius 2 is 0.535 bits per heavy atom. The maximum absolute atomic E-state index is 16.2. The van der Waals surface area contributed by atoms with E-state index in [1.54, 1.807) is 123 Å². The predicted octanol–water partition coefficient (Wildman–Crippen LogP) is 13.7. The second-order valence-electron chi connectivity index (χ2n) is 16.6. The van der Waals surface area contributed by atoms with Crippen LogP contribution in [0.3, 0.4) is 0 Å². The van der Waals surface area contributed by atoms with Crippen molar-refractivity contribution in [3.8, 4) is 17.2 Å². The molecule has 0 N–H and O–H groups in total. The molecule has 0 aliphatic heterocycles. The minimum Gasteiger partial charge on any atom is -0.432 e. The molecule has 6 rings (SSSR count). The lowest BCUT2D eigenvalue weighted by atomic mass is 10.2. The quantitative estimate of drug-likeness (QED) is 0.0320. The molecular formula is C57H63N3O7P4. The normalized spacial score (nSPS) is 14.7. The lowest BCUT2D eigenvalue weighted by Gasteiger charge is -2.30. The van der Waals surface area contributed by atoms with E-state index in [9.17, 15) is 13.7 Å². The summed E-state index contributed by atoms with van der Waals surface area (Å²) in [5.74, 6) is 0.960. The molecule has 6 aromatic rings. The fraction of sp³-hybridized carbons (Fsp3) is 0.158. The number of hydrogen-bond donors (Lipinski definition) is 0. The molecule has 0 saturated heterocycles. The highest BCUT2D eigenvalue weighted by molar-refractivity contribution is 7.85. The Kier molecular flexibility index (Phi) is 19.8. The molecule has 3 unspecified atom stereocenters. The molecule has 6 aromatic carbocycles. The van der Waals surface area contributed by atoms with Crippen LogP contribution in [0, 0.1) is 0 Å². The van der Waals surface area contributed by atoms with Gasteiger partial charge in [-0.15, -0.1) is 39.5 Å². The highest BCUT2D eigenvalue weighted by Crippen LogP contribution is 2.56. The molecule has 3 atom stereocenters. The van der Waals surface area contributed by atoms with Gasteiger partial charge in [-0.25, -0.2) is 14.0 Å². The lowest BCUT2D eigenvalue weighted by Crippen LogP contribution is -2.26. The molecule has 0 aromatic heterocycles. The zero-order valence-corrected chi connectivity index (χ0v) is 43.7. The summed E-state index contributed by atoms with van der Waals surface area (Å²) >= 11 is 0. The maximum Gasteiger partial charge on any atom is 0.324 e. The van der Waals surface area contributed by atoms with E-state index in [1.165, 1.54) is 0 Å². The topological polar surface area (TPSA) is 106 Å². The van der Waals surface area contributed by atoms with Crippen LogP contribution in [0.2, 0.25) is 0 Å². The molecule has 368 valence electrons. The Labute approximate surface area is 420 Å². The molecule has 71 heavy (non-hydrogen) atoms. The summed E-state index contributed by atoms with van der Waals surface area (Å²) in [7, 11) is -14.5. The van der Waals surface area contributed by atoms with Crippen LogP contribution < -0.4 is 29.5 Å². The van der Waals surface area contributed by atoms with Gasteiger partial charge >= 0.3 is 22.6 Å². The molecule has 0 bridgehead atoms. The summed E-state index contributed by atoms with van der Waals surface area (Å²) in [6, 6.07) is 48.9. The first-order valence-corrected chi connectivity index (χ1v) is 30.2. The van der Waals surface area contributed by atoms with E-state index in [0.717, 1.165) is 16.7 Å². The SMILES string of the molecule is C=CCN(CC=C)P(=O)(Cc1ccccc1)Oc1ccc(P(=O)(c2ccc(OP(=O)(Cc3ccccc3)N(CC=C)CC=C)cc2)c2ccc(OP(=O)(Cc3ccccc3)N(CC=C)CC=C)cc2)cc1. The number of hydrogen-bond acceptors (Lipinski definition) is 7. The zero-order valence-electron chi connectivity index (χ0n) is 40.1. The van der Waals surface area contributed by atoms with Crippen LogP contribution in [0.4, 0.5) is 0 Å². The fourth-order valence-electron chi connectivity index (χ4n) is 7.97. The van der Waals surface area contributed by atoms with E-state index in [2.05, 4.69) is 39.5 Å². The molecule has 14 heteroatoms. The first-order chi connectivity index (χ1) is 34.3. The molecule has 0 aliphatic rings. The highest BCUT2D eigenvalue weighted by Gasteiger charge is 2.37. The van der Waals surface area contributed by atoms with Crippen molar-refractivity contribution in [2.75, 3.05) is 39.3 Å². The second-order valence-corrected chi connectivity index (χ2v) is 26.3. The minimum atomic E-state index is -3.76. The zero-order chi connectivity index (χ0) is 50.7. The Hall–Kier alpha value is -6.04. The first kappa shape index (κ1) is 54.3. The van der Waals surface area contributed by atoms with Gasteiger partial charge in [0.1, 0.15) is 17.2 Å². The van der Waals surface area contributed by atoms with Crippen molar-refractivity contribution in [2.24, 2.45) is 0 Å². The summed E-state index contributed by atoms with van der Waals surface area (Å²) < 4.78 is 85.5. The Balaban J connectivity index is 1.41. The molecule has 0 aliphatic carbocycles. The van der Waals surface area contributed by atoms with Crippen LogP contribution in [0.1, 0.15) is 16.7 Å². The van der Waals surface area contributed by atoms with E-state index in [1.807, 2.05) is 91.0 Å². The summed E-state index contributed by atoms with van der Waals surface area (Å²) in [6.45, 7) is 25.1. The minimum absolute atomic E-state index is 0.132. The van der Waals surface area contributed by atoms with Gasteiger partial charge in [-0.2, -0.15) is 0 Å². The molecule has 10 nitrogen and oxygen atoms in total. The third-order valence-electron chi connectivity index (χ3n) is 11.4. The Morgan fingerprint density at radius 1 is 0.324 bits per heavy atom. The van der Waals surface area contributed by atoms with Gasteiger partial charge in [0, 0.05) is 55.2 Å². The van der Waals surface area contributed by atoms with Crippen molar-refractivity contribution < 1.29 is 31.8 Å². The van der Waals surface area contributed by atoms with Gasteiger partial charge in [0.25, 0.3) is 0 Å². The summed E-state index contributed by atoms with van der Waals surface area (Å²) in [4.78, 5) is 0. The van der Waals surface area contributed by atoms with Crippen molar-refractivity contribution in [2.45, 2.75) is 18.5 Å². The summed E-state index contributed by atoms with van der Waals surface area (Å²) in [5.41, 5.74) is 2.52. The maximum atomic E-state index is 16.2. The average molecular weight is 1030 g/mol. The molecular weight excluding hydrogens is 963 g/mol. The average Bonchev–Trinajstić information content (AvgIpc) is 3.37. The largest absolute Gasteiger partial charge is 0.432 e. The summed E-state index contributed by atoms with van der Waals surface area (Å²) in [6.07, 6.45) is 10.5. The van der Waals surface area contributed by atoms with Gasteiger partial charge in [-0.05, 0) is 89.5 Å². The fourth-order valence-corrected chi connectivity index (χ4v) is 17.3. The van der Waals surface area contributed by atoms with Crippen LogP contribution in [0.5, 0.6) is 17.2 Å². The van der Waals surface area contributed by atoms with Crippen molar-refractivity contribution in [3.05, 3.63) is 256 Å². The first-order valence-electron chi connectivity index (χ1n) is 23.2. The Morgan fingerprint density at radius 3 is 0.732 bits per heavy atom. The van der Waals surface area contributed by atoms with Gasteiger partial charge in [0.15, 0.2) is 7.14 Å². The van der Waals surface area contributed by atoms with Gasteiger partial charge in [0.05, 0.1) is 18.5 Å².